The summed E-state index contributed by atoms with van der Waals surface area (Å²) in [5.74, 6) is 3.47. The fourth-order valence-corrected chi connectivity index (χ4v) is 5.34. The Hall–Kier alpha value is -0.660. The van der Waals surface area contributed by atoms with Crippen LogP contribution >= 0.6 is 0 Å². The zero-order valence-corrected chi connectivity index (χ0v) is 10.8. The summed E-state index contributed by atoms with van der Waals surface area (Å²) in [5.41, 5.74) is 0. The van der Waals surface area contributed by atoms with Crippen molar-refractivity contribution in [2.45, 2.75) is 46.0 Å². The van der Waals surface area contributed by atoms with E-state index in [9.17, 15) is 9.59 Å². The zero-order valence-electron chi connectivity index (χ0n) is 10.8. The number of carbonyl (C=O) groups is 2. The van der Waals surface area contributed by atoms with Crippen LogP contribution in [0.25, 0.3) is 0 Å². The van der Waals surface area contributed by atoms with Crippen molar-refractivity contribution in [2.24, 2.45) is 35.5 Å². The fourth-order valence-electron chi connectivity index (χ4n) is 5.34. The molecule has 0 radical (unpaired) electrons. The molecule has 4 rings (SSSR count). The molecule has 94 valence electrons. The summed E-state index contributed by atoms with van der Waals surface area (Å²) < 4.78 is 0. The van der Waals surface area contributed by atoms with E-state index in [0.29, 0.717) is 17.8 Å². The molecule has 4 fully saturated rings. The van der Waals surface area contributed by atoms with Crippen molar-refractivity contribution in [2.75, 3.05) is 0 Å². The van der Waals surface area contributed by atoms with Crippen LogP contribution in [0.15, 0.2) is 0 Å². The van der Waals surface area contributed by atoms with Crippen molar-refractivity contribution >= 4 is 11.6 Å². The van der Waals surface area contributed by atoms with Crippen molar-refractivity contribution in [3.63, 3.8) is 0 Å². The van der Waals surface area contributed by atoms with Crippen molar-refractivity contribution < 1.29 is 9.59 Å². The van der Waals surface area contributed by atoms with Crippen LogP contribution in [0.1, 0.15) is 46.0 Å². The van der Waals surface area contributed by atoms with Crippen molar-refractivity contribution in [3.8, 4) is 0 Å². The van der Waals surface area contributed by atoms with Gasteiger partial charge in [-0.1, -0.05) is 0 Å². The Bertz CT molecular complexity index is 316. The largest absolute Gasteiger partial charge is 0.299 e. The normalized spacial score (nSPS) is 43.1. The molecular weight excluding hydrogens is 212 g/mol. The highest BCUT2D eigenvalue weighted by atomic mass is 16.1. The highest BCUT2D eigenvalue weighted by Crippen LogP contribution is 2.58. The summed E-state index contributed by atoms with van der Waals surface area (Å²) in [7, 11) is 0. The van der Waals surface area contributed by atoms with Crippen LogP contribution < -0.4 is 0 Å². The highest BCUT2D eigenvalue weighted by Gasteiger charge is 2.52. The summed E-state index contributed by atoms with van der Waals surface area (Å²) in [5, 5.41) is 0. The molecule has 4 aliphatic carbocycles. The van der Waals surface area contributed by atoms with Gasteiger partial charge >= 0.3 is 0 Å². The van der Waals surface area contributed by atoms with Crippen molar-refractivity contribution in [3.05, 3.63) is 0 Å². The monoisotopic (exact) mass is 234 g/mol. The molecular formula is C15H22O2. The number of Topliss-reactive ketones (excluding diaryl/α,β-unsaturated/α-hetero) is 2. The van der Waals surface area contributed by atoms with Gasteiger partial charge in [0.25, 0.3) is 0 Å². The molecule has 4 bridgehead atoms. The van der Waals surface area contributed by atoms with Crippen LogP contribution in [-0.4, -0.2) is 11.6 Å². The predicted molar refractivity (Wildman–Crippen MR) is 65.4 cm³/mol. The van der Waals surface area contributed by atoms with Crippen LogP contribution in [0.3, 0.4) is 0 Å². The first-order valence-corrected chi connectivity index (χ1v) is 7.07. The third-order valence-electron chi connectivity index (χ3n) is 5.56. The molecule has 0 atom stereocenters. The minimum Gasteiger partial charge on any atom is -0.299 e. The first kappa shape index (κ1) is 11.4. The van der Waals surface area contributed by atoms with E-state index >= 15 is 0 Å². The third-order valence-corrected chi connectivity index (χ3v) is 5.56. The third kappa shape index (κ3) is 1.76. The fraction of sp³-hybridized carbons (Fsp3) is 0.867. The molecule has 0 aromatic rings. The molecule has 17 heavy (non-hydrogen) atoms. The molecule has 2 nitrogen and oxygen atoms in total. The number of ketones is 2. The lowest BCUT2D eigenvalue weighted by Gasteiger charge is -2.55. The maximum atomic E-state index is 11.8. The Morgan fingerprint density at radius 2 is 1.24 bits per heavy atom. The molecule has 0 amide bonds. The van der Waals surface area contributed by atoms with E-state index in [1.165, 1.54) is 32.1 Å². The van der Waals surface area contributed by atoms with Crippen LogP contribution in [0.2, 0.25) is 0 Å². The van der Waals surface area contributed by atoms with Gasteiger partial charge in [0, 0.05) is 0 Å². The maximum absolute atomic E-state index is 11.8. The molecule has 2 heteroatoms. The van der Waals surface area contributed by atoms with Crippen molar-refractivity contribution in [1.29, 1.82) is 0 Å². The van der Waals surface area contributed by atoms with Crippen LogP contribution in [0, 0.1) is 35.5 Å². The molecule has 0 aliphatic heterocycles. The Labute approximate surface area is 103 Å². The Morgan fingerprint density at radius 1 is 0.824 bits per heavy atom. The van der Waals surface area contributed by atoms with Gasteiger partial charge in [-0.3, -0.25) is 9.59 Å². The first-order valence-electron chi connectivity index (χ1n) is 7.07. The number of carbonyl (C=O) groups excluding carboxylic acids is 2. The van der Waals surface area contributed by atoms with E-state index < -0.39 is 0 Å². The van der Waals surface area contributed by atoms with E-state index in [0.717, 1.165) is 11.8 Å². The average molecular weight is 234 g/mol. The second-order valence-electron chi connectivity index (χ2n) is 6.71. The minimum absolute atomic E-state index is 0.106. The molecule has 0 spiro atoms. The summed E-state index contributed by atoms with van der Waals surface area (Å²) in [6.45, 7) is 3.22. The molecule has 0 aromatic carbocycles. The van der Waals surface area contributed by atoms with Gasteiger partial charge in [-0.2, -0.15) is 0 Å². The second-order valence-corrected chi connectivity index (χ2v) is 6.71. The van der Waals surface area contributed by atoms with E-state index in [1.807, 2.05) is 0 Å². The summed E-state index contributed by atoms with van der Waals surface area (Å²) in [6, 6.07) is 0. The quantitative estimate of drug-likeness (QED) is 0.704. The van der Waals surface area contributed by atoms with Gasteiger partial charge in [-0.15, -0.1) is 0 Å². The van der Waals surface area contributed by atoms with Crippen molar-refractivity contribution in [1.82, 2.24) is 0 Å². The average Bonchev–Trinajstić information content (AvgIpc) is 2.20. The molecule has 4 aliphatic rings. The van der Waals surface area contributed by atoms with Gasteiger partial charge in [0.2, 0.25) is 0 Å². The zero-order chi connectivity index (χ0) is 12.2. The van der Waals surface area contributed by atoms with E-state index in [-0.39, 0.29) is 17.5 Å². The maximum Gasteiger partial charge on any atom is 0.140 e. The molecule has 0 unspecified atom stereocenters. The van der Waals surface area contributed by atoms with Gasteiger partial charge in [0.05, 0.1) is 5.92 Å². The lowest BCUT2D eigenvalue weighted by Crippen LogP contribution is -2.50. The van der Waals surface area contributed by atoms with E-state index in [2.05, 4.69) is 0 Å². The topological polar surface area (TPSA) is 34.1 Å². The lowest BCUT2D eigenvalue weighted by molar-refractivity contribution is -0.141. The standard InChI is InChI=1S/C15H22O2/c1-8(16)14(9(2)17)15-12-4-10-3-11(6-12)7-13(15)5-10/h10-15H,3-7H2,1-2H3. The molecule has 0 heterocycles. The molecule has 0 N–H and O–H groups in total. The smallest absolute Gasteiger partial charge is 0.140 e. The minimum atomic E-state index is -0.287. The summed E-state index contributed by atoms with van der Waals surface area (Å²) in [4.78, 5) is 23.6. The summed E-state index contributed by atoms with van der Waals surface area (Å²) in [6.07, 6.45) is 6.57. The van der Waals surface area contributed by atoms with E-state index in [4.69, 9.17) is 0 Å². The second kappa shape index (κ2) is 3.93. The van der Waals surface area contributed by atoms with Crippen LogP contribution in [0.5, 0.6) is 0 Å². The highest BCUT2D eigenvalue weighted by molar-refractivity contribution is 6.00. The lowest BCUT2D eigenvalue weighted by atomic mass is 9.49. The molecule has 0 aromatic heterocycles. The Morgan fingerprint density at radius 3 is 1.59 bits per heavy atom. The SMILES string of the molecule is CC(=O)C(C(C)=O)C1C2CC3CC(C2)CC1C3. The van der Waals surface area contributed by atoms with E-state index in [1.54, 1.807) is 13.8 Å². The van der Waals surface area contributed by atoms with Crippen LogP contribution in [0.4, 0.5) is 0 Å². The Kier molecular flexibility index (Phi) is 2.64. The summed E-state index contributed by atoms with van der Waals surface area (Å²) >= 11 is 0. The first-order chi connectivity index (χ1) is 8.06. The van der Waals surface area contributed by atoms with Gasteiger partial charge in [0.1, 0.15) is 11.6 Å². The van der Waals surface area contributed by atoms with Gasteiger partial charge < -0.3 is 0 Å². The predicted octanol–water partition coefficient (Wildman–Crippen LogP) is 2.85. The van der Waals surface area contributed by atoms with Crippen LogP contribution in [-0.2, 0) is 9.59 Å². The van der Waals surface area contributed by atoms with Gasteiger partial charge in [-0.05, 0) is 75.5 Å². The number of hydrogen-bond acceptors (Lipinski definition) is 2. The molecule has 0 saturated heterocycles. The molecule has 4 saturated carbocycles. The van der Waals surface area contributed by atoms with Gasteiger partial charge in [-0.25, -0.2) is 0 Å². The number of hydrogen-bond donors (Lipinski definition) is 0. The van der Waals surface area contributed by atoms with Gasteiger partial charge in [0.15, 0.2) is 0 Å². The number of rotatable bonds is 3. The Balaban J connectivity index is 1.88.